The van der Waals surface area contributed by atoms with E-state index in [2.05, 4.69) is 133 Å². The smallest absolute Gasteiger partial charge is 0.0541 e. The van der Waals surface area contributed by atoms with E-state index in [-0.39, 0.29) is 5.41 Å². The molecule has 174 valence electrons. The van der Waals surface area contributed by atoms with Crippen molar-refractivity contribution in [2.75, 3.05) is 4.90 Å². The van der Waals surface area contributed by atoms with Gasteiger partial charge in [0.1, 0.15) is 0 Å². The van der Waals surface area contributed by atoms with E-state index < -0.39 is 0 Å². The van der Waals surface area contributed by atoms with Crippen molar-refractivity contribution in [3.05, 3.63) is 131 Å². The Morgan fingerprint density at radius 1 is 0.556 bits per heavy atom. The number of halogens is 1. The number of rotatable bonds is 2. The molecule has 0 bridgehead atoms. The Labute approximate surface area is 216 Å². The molecule has 0 radical (unpaired) electrons. The van der Waals surface area contributed by atoms with Crippen molar-refractivity contribution in [2.24, 2.45) is 0 Å². The van der Waals surface area contributed by atoms with Gasteiger partial charge in [-0.15, -0.1) is 0 Å². The van der Waals surface area contributed by atoms with Crippen LogP contribution in [-0.2, 0) is 5.41 Å². The van der Waals surface area contributed by atoms with Crippen molar-refractivity contribution >= 4 is 50.5 Å². The van der Waals surface area contributed by atoms with Gasteiger partial charge >= 0.3 is 0 Å². The molecule has 0 atom stereocenters. The second kappa shape index (κ2) is 7.74. The number of fused-ring (bicyclic) bond motifs is 5. The fourth-order valence-corrected chi connectivity index (χ4v) is 6.07. The molecule has 5 aromatic carbocycles. The van der Waals surface area contributed by atoms with Gasteiger partial charge in [-0.2, -0.15) is 0 Å². The molecule has 1 aliphatic rings. The van der Waals surface area contributed by atoms with Crippen LogP contribution in [-0.4, -0.2) is 4.57 Å². The molecule has 0 saturated carbocycles. The minimum absolute atomic E-state index is 0.199. The summed E-state index contributed by atoms with van der Waals surface area (Å²) in [6.07, 6.45) is 0. The van der Waals surface area contributed by atoms with Crippen LogP contribution in [0.2, 0.25) is 5.02 Å². The Balaban J connectivity index is 1.53. The first-order valence-electron chi connectivity index (χ1n) is 12.3. The van der Waals surface area contributed by atoms with Crippen LogP contribution in [0.25, 0.3) is 27.5 Å². The number of para-hydroxylation sites is 3. The molecule has 0 unspecified atom stereocenters. The summed E-state index contributed by atoms with van der Waals surface area (Å²) in [5.41, 5.74) is 9.42. The lowest BCUT2D eigenvalue weighted by Gasteiger charge is -2.42. The Bertz CT molecular complexity index is 1730. The van der Waals surface area contributed by atoms with Crippen LogP contribution in [0.5, 0.6) is 0 Å². The minimum atomic E-state index is -0.199. The number of hydrogen-bond donors (Lipinski definition) is 0. The lowest BCUT2D eigenvalue weighted by molar-refractivity contribution is 0.631. The molecule has 36 heavy (non-hydrogen) atoms. The zero-order chi connectivity index (χ0) is 24.4. The molecular formula is C33H25ClN2. The van der Waals surface area contributed by atoms with Crippen molar-refractivity contribution in [3.8, 4) is 5.69 Å². The number of aromatic nitrogens is 1. The minimum Gasteiger partial charge on any atom is -0.310 e. The van der Waals surface area contributed by atoms with Crippen LogP contribution in [0.3, 0.4) is 0 Å². The van der Waals surface area contributed by atoms with Gasteiger partial charge in [0.2, 0.25) is 0 Å². The first kappa shape index (κ1) is 21.3. The summed E-state index contributed by atoms with van der Waals surface area (Å²) in [6.45, 7) is 4.63. The predicted octanol–water partition coefficient (Wildman–Crippen LogP) is 9.55. The fraction of sp³-hybridized carbons (Fsp3) is 0.0909. The van der Waals surface area contributed by atoms with E-state index in [1.807, 2.05) is 6.07 Å². The van der Waals surface area contributed by atoms with Gasteiger partial charge in [0.05, 0.1) is 22.4 Å². The molecule has 1 aromatic heterocycles. The molecule has 0 amide bonds. The van der Waals surface area contributed by atoms with Gasteiger partial charge in [0.25, 0.3) is 0 Å². The summed E-state index contributed by atoms with van der Waals surface area (Å²) in [6, 6.07) is 41.1. The van der Waals surface area contributed by atoms with Gasteiger partial charge in [-0.1, -0.05) is 86.1 Å². The van der Waals surface area contributed by atoms with Gasteiger partial charge in [0.15, 0.2) is 0 Å². The lowest BCUT2D eigenvalue weighted by atomic mass is 9.73. The fourth-order valence-electron chi connectivity index (χ4n) is 5.91. The zero-order valence-corrected chi connectivity index (χ0v) is 21.0. The molecular weight excluding hydrogens is 460 g/mol. The molecule has 6 aromatic rings. The Morgan fingerprint density at radius 2 is 1.19 bits per heavy atom. The number of hydrogen-bond acceptors (Lipinski definition) is 1. The van der Waals surface area contributed by atoms with Crippen LogP contribution in [0.4, 0.5) is 17.1 Å². The molecule has 0 saturated heterocycles. The summed E-state index contributed by atoms with van der Waals surface area (Å²) in [4.78, 5) is 2.34. The first-order chi connectivity index (χ1) is 17.5. The van der Waals surface area contributed by atoms with Crippen LogP contribution in [0, 0.1) is 0 Å². The number of nitrogens with zero attached hydrogens (tertiary/aromatic N) is 2. The SMILES string of the molecule is CC1(C)c2ccc(Cl)cc2N(c2ccccc2)c2ccc(-n3c4ccccc4c4ccccc43)cc21. The van der Waals surface area contributed by atoms with E-state index >= 15 is 0 Å². The first-order valence-corrected chi connectivity index (χ1v) is 12.7. The van der Waals surface area contributed by atoms with Crippen LogP contribution in [0.1, 0.15) is 25.0 Å². The summed E-state index contributed by atoms with van der Waals surface area (Å²) >= 11 is 6.52. The molecule has 2 nitrogen and oxygen atoms in total. The summed E-state index contributed by atoms with van der Waals surface area (Å²) < 4.78 is 2.39. The Kier molecular flexibility index (Phi) is 4.58. The summed E-state index contributed by atoms with van der Waals surface area (Å²) in [7, 11) is 0. The molecule has 0 spiro atoms. The van der Waals surface area contributed by atoms with Gasteiger partial charge in [-0.3, -0.25) is 0 Å². The Morgan fingerprint density at radius 3 is 1.89 bits per heavy atom. The van der Waals surface area contributed by atoms with Crippen molar-refractivity contribution in [2.45, 2.75) is 19.3 Å². The molecule has 3 heteroatoms. The monoisotopic (exact) mass is 484 g/mol. The highest BCUT2D eigenvalue weighted by Gasteiger charge is 2.37. The van der Waals surface area contributed by atoms with Crippen LogP contribution >= 0.6 is 11.6 Å². The molecule has 0 fully saturated rings. The second-order valence-corrected chi connectivity index (χ2v) is 10.5. The maximum absolute atomic E-state index is 6.52. The van der Waals surface area contributed by atoms with E-state index in [1.54, 1.807) is 0 Å². The third kappa shape index (κ3) is 2.98. The highest BCUT2D eigenvalue weighted by molar-refractivity contribution is 6.31. The van der Waals surface area contributed by atoms with Crippen molar-refractivity contribution in [3.63, 3.8) is 0 Å². The highest BCUT2D eigenvalue weighted by atomic mass is 35.5. The zero-order valence-electron chi connectivity index (χ0n) is 20.2. The average Bonchev–Trinajstić information content (AvgIpc) is 3.24. The van der Waals surface area contributed by atoms with Crippen LogP contribution in [0.15, 0.2) is 115 Å². The predicted molar refractivity (Wildman–Crippen MR) is 153 cm³/mol. The quantitative estimate of drug-likeness (QED) is 0.237. The molecule has 2 heterocycles. The normalized spacial score (nSPS) is 14.1. The largest absolute Gasteiger partial charge is 0.310 e. The second-order valence-electron chi connectivity index (χ2n) is 10.0. The Hall–Kier alpha value is -4.01. The van der Waals surface area contributed by atoms with E-state index in [0.717, 1.165) is 16.4 Å². The van der Waals surface area contributed by atoms with E-state index in [0.29, 0.717) is 0 Å². The van der Waals surface area contributed by atoms with Crippen molar-refractivity contribution in [1.82, 2.24) is 4.57 Å². The van der Waals surface area contributed by atoms with E-state index in [1.165, 1.54) is 44.3 Å². The number of benzene rings is 5. The molecule has 0 N–H and O–H groups in total. The third-order valence-corrected chi connectivity index (χ3v) is 7.86. The average molecular weight is 485 g/mol. The lowest BCUT2D eigenvalue weighted by Crippen LogP contribution is -2.30. The number of anilines is 3. The van der Waals surface area contributed by atoms with Gasteiger partial charge in [0, 0.05) is 32.6 Å². The maximum atomic E-state index is 6.52. The molecule has 7 rings (SSSR count). The van der Waals surface area contributed by atoms with E-state index in [9.17, 15) is 0 Å². The summed E-state index contributed by atoms with van der Waals surface area (Å²) in [5.74, 6) is 0. The maximum Gasteiger partial charge on any atom is 0.0541 e. The van der Waals surface area contributed by atoms with Gasteiger partial charge in [-0.25, -0.2) is 0 Å². The highest BCUT2D eigenvalue weighted by Crippen LogP contribution is 2.53. The van der Waals surface area contributed by atoms with Crippen molar-refractivity contribution in [1.29, 1.82) is 0 Å². The van der Waals surface area contributed by atoms with Crippen molar-refractivity contribution < 1.29 is 0 Å². The van der Waals surface area contributed by atoms with Gasteiger partial charge in [-0.05, 0) is 65.7 Å². The topological polar surface area (TPSA) is 8.17 Å². The summed E-state index contributed by atoms with van der Waals surface area (Å²) in [5, 5.41) is 3.29. The third-order valence-electron chi connectivity index (χ3n) is 7.62. The molecule has 1 aliphatic heterocycles. The van der Waals surface area contributed by atoms with E-state index in [4.69, 9.17) is 11.6 Å². The van der Waals surface area contributed by atoms with Gasteiger partial charge < -0.3 is 9.47 Å². The standard InChI is InChI=1S/C33H25ClN2/c1-33(2)27-18-16-22(34)20-32(27)35(23-10-4-3-5-11-23)31-19-17-24(21-28(31)33)36-29-14-8-6-12-25(29)26-13-7-9-15-30(26)36/h3-21H,1-2H3. The van der Waals surface area contributed by atoms with Crippen LogP contribution < -0.4 is 4.90 Å². The molecule has 0 aliphatic carbocycles.